The number of carbonyl (C=O) groups excluding carboxylic acids is 1. The van der Waals surface area contributed by atoms with Crippen LogP contribution in [0.4, 0.5) is 0 Å². The summed E-state index contributed by atoms with van der Waals surface area (Å²) in [7, 11) is 1.66. The van der Waals surface area contributed by atoms with Gasteiger partial charge in [0.25, 0.3) is 0 Å². The van der Waals surface area contributed by atoms with E-state index in [4.69, 9.17) is 4.74 Å². The van der Waals surface area contributed by atoms with Crippen LogP contribution in [-0.4, -0.2) is 30.0 Å². The molecule has 1 fully saturated rings. The smallest absolute Gasteiger partial charge is 0.241 e. The van der Waals surface area contributed by atoms with E-state index in [0.29, 0.717) is 5.92 Å². The number of hydrogen-bond donors (Lipinski definition) is 1. The number of carbonyl (C=O) groups is 1. The van der Waals surface area contributed by atoms with Gasteiger partial charge < -0.3 is 9.64 Å². The third kappa shape index (κ3) is 3.05. The molecule has 1 aromatic rings. The molecule has 0 radical (unpaired) electrons. The minimum Gasteiger partial charge on any atom is -0.497 e. The minimum absolute atomic E-state index is 0.0772. The van der Waals surface area contributed by atoms with Gasteiger partial charge in [-0.2, -0.15) is 0 Å². The van der Waals surface area contributed by atoms with Crippen LogP contribution in [0.1, 0.15) is 45.8 Å². The maximum absolute atomic E-state index is 12.5. The van der Waals surface area contributed by atoms with Gasteiger partial charge in [-0.15, -0.1) is 0 Å². The fourth-order valence-electron chi connectivity index (χ4n) is 2.86. The van der Waals surface area contributed by atoms with Crippen LogP contribution < -0.4 is 10.1 Å². The average molecular weight is 290 g/mol. The number of amides is 1. The highest BCUT2D eigenvalue weighted by atomic mass is 16.5. The molecule has 0 aromatic heterocycles. The van der Waals surface area contributed by atoms with Crippen molar-refractivity contribution in [2.45, 2.75) is 52.4 Å². The lowest BCUT2D eigenvalue weighted by molar-refractivity contribution is -0.132. The summed E-state index contributed by atoms with van der Waals surface area (Å²) in [5, 5.41) is 3.40. The third-order valence-corrected chi connectivity index (χ3v) is 4.63. The highest BCUT2D eigenvalue weighted by Crippen LogP contribution is 2.32. The van der Waals surface area contributed by atoms with Crippen molar-refractivity contribution in [1.82, 2.24) is 10.2 Å². The van der Waals surface area contributed by atoms with Gasteiger partial charge in [0.2, 0.25) is 5.91 Å². The van der Waals surface area contributed by atoms with Crippen molar-refractivity contribution in [2.75, 3.05) is 7.11 Å². The second-order valence-electron chi connectivity index (χ2n) is 5.94. The van der Waals surface area contributed by atoms with Crippen molar-refractivity contribution >= 4 is 5.91 Å². The number of nitrogens with zero attached hydrogens (tertiary/aromatic N) is 1. The third-order valence-electron chi connectivity index (χ3n) is 4.63. The van der Waals surface area contributed by atoms with Gasteiger partial charge in [-0.05, 0) is 37.5 Å². The number of methoxy groups -OCH3 is 1. The van der Waals surface area contributed by atoms with Crippen LogP contribution in [0.15, 0.2) is 24.3 Å². The summed E-state index contributed by atoms with van der Waals surface area (Å²) in [5.74, 6) is 1.46. The number of ether oxygens (including phenoxy) is 1. The molecular weight excluding hydrogens is 264 g/mol. The summed E-state index contributed by atoms with van der Waals surface area (Å²) in [4.78, 5) is 14.5. The summed E-state index contributed by atoms with van der Waals surface area (Å²) >= 11 is 0. The van der Waals surface area contributed by atoms with E-state index >= 15 is 0 Å². The molecule has 1 heterocycles. The van der Waals surface area contributed by atoms with E-state index in [9.17, 15) is 4.79 Å². The van der Waals surface area contributed by atoms with Crippen molar-refractivity contribution < 1.29 is 9.53 Å². The Kier molecular flexibility index (Phi) is 4.88. The van der Waals surface area contributed by atoms with Gasteiger partial charge >= 0.3 is 0 Å². The van der Waals surface area contributed by atoms with Crippen LogP contribution >= 0.6 is 0 Å². The summed E-state index contributed by atoms with van der Waals surface area (Å²) in [6.45, 7) is 8.43. The molecular formula is C17H26N2O2. The fraction of sp³-hybridized carbons (Fsp3) is 0.588. The zero-order chi connectivity index (χ0) is 15.6. The molecule has 4 heteroatoms. The largest absolute Gasteiger partial charge is 0.497 e. The normalized spacial score (nSPS) is 25.0. The first-order valence-electron chi connectivity index (χ1n) is 7.71. The van der Waals surface area contributed by atoms with Gasteiger partial charge in [0.1, 0.15) is 11.9 Å². The molecule has 116 valence electrons. The molecule has 0 aliphatic carbocycles. The molecule has 1 aromatic carbocycles. The SMILES string of the molecule is CCC(C)C(C)N1C(=O)C(C)NC1c1cccc(OC)c1. The molecule has 1 amide bonds. The summed E-state index contributed by atoms with van der Waals surface area (Å²) in [5.41, 5.74) is 1.07. The molecule has 1 saturated heterocycles. The van der Waals surface area contributed by atoms with Crippen LogP contribution in [0.2, 0.25) is 0 Å². The quantitative estimate of drug-likeness (QED) is 0.906. The predicted molar refractivity (Wildman–Crippen MR) is 84.1 cm³/mol. The molecule has 0 saturated carbocycles. The Morgan fingerprint density at radius 2 is 2.10 bits per heavy atom. The molecule has 4 atom stereocenters. The van der Waals surface area contributed by atoms with E-state index in [2.05, 4.69) is 26.1 Å². The maximum Gasteiger partial charge on any atom is 0.241 e. The minimum atomic E-state index is -0.146. The number of nitrogens with one attached hydrogen (secondary N) is 1. The molecule has 1 N–H and O–H groups in total. The van der Waals surface area contributed by atoms with E-state index in [0.717, 1.165) is 17.7 Å². The zero-order valence-electron chi connectivity index (χ0n) is 13.6. The Hall–Kier alpha value is -1.55. The first kappa shape index (κ1) is 15.8. The van der Waals surface area contributed by atoms with Crippen molar-refractivity contribution in [1.29, 1.82) is 0 Å². The second-order valence-corrected chi connectivity index (χ2v) is 5.94. The average Bonchev–Trinajstić information content (AvgIpc) is 2.81. The topological polar surface area (TPSA) is 41.6 Å². The van der Waals surface area contributed by atoms with Gasteiger partial charge in [-0.1, -0.05) is 32.4 Å². The van der Waals surface area contributed by atoms with Crippen molar-refractivity contribution in [3.63, 3.8) is 0 Å². The van der Waals surface area contributed by atoms with Crippen LogP contribution in [0.3, 0.4) is 0 Å². The van der Waals surface area contributed by atoms with Crippen LogP contribution in [0.5, 0.6) is 5.75 Å². The molecule has 1 aliphatic heterocycles. The summed E-state index contributed by atoms with van der Waals surface area (Å²) < 4.78 is 5.30. The Bertz CT molecular complexity index is 503. The Balaban J connectivity index is 2.33. The standard InChI is InChI=1S/C17H26N2O2/c1-6-11(2)13(4)19-16(18-12(3)17(19)20)14-8-7-9-15(10-14)21-5/h7-13,16,18H,6H2,1-5H3. The highest BCUT2D eigenvalue weighted by molar-refractivity contribution is 5.84. The lowest BCUT2D eigenvalue weighted by atomic mass is 9.98. The first-order chi connectivity index (χ1) is 9.99. The summed E-state index contributed by atoms with van der Waals surface area (Å²) in [6.07, 6.45) is 0.982. The first-order valence-corrected chi connectivity index (χ1v) is 7.71. The van der Waals surface area contributed by atoms with Crippen LogP contribution in [-0.2, 0) is 4.79 Å². The highest BCUT2D eigenvalue weighted by Gasteiger charge is 2.40. The molecule has 2 rings (SSSR count). The summed E-state index contributed by atoms with van der Waals surface area (Å²) in [6, 6.07) is 7.99. The lowest BCUT2D eigenvalue weighted by Gasteiger charge is -2.34. The number of hydrogen-bond acceptors (Lipinski definition) is 3. The van der Waals surface area contributed by atoms with E-state index < -0.39 is 0 Å². The van der Waals surface area contributed by atoms with Gasteiger partial charge in [-0.3, -0.25) is 10.1 Å². The van der Waals surface area contributed by atoms with Crippen LogP contribution in [0, 0.1) is 5.92 Å². The fourth-order valence-corrected chi connectivity index (χ4v) is 2.86. The maximum atomic E-state index is 12.5. The van der Waals surface area contributed by atoms with Gasteiger partial charge in [0.15, 0.2) is 0 Å². The van der Waals surface area contributed by atoms with Crippen molar-refractivity contribution in [3.05, 3.63) is 29.8 Å². The second kappa shape index (κ2) is 6.48. The van der Waals surface area contributed by atoms with Crippen molar-refractivity contribution in [3.8, 4) is 5.75 Å². The molecule has 0 bridgehead atoms. The zero-order valence-corrected chi connectivity index (χ0v) is 13.6. The number of benzene rings is 1. The Morgan fingerprint density at radius 1 is 1.38 bits per heavy atom. The molecule has 4 nitrogen and oxygen atoms in total. The molecule has 1 aliphatic rings. The predicted octanol–water partition coefficient (Wildman–Crippen LogP) is 2.95. The van der Waals surface area contributed by atoms with Gasteiger partial charge in [0.05, 0.1) is 13.2 Å². The van der Waals surface area contributed by atoms with Crippen molar-refractivity contribution in [2.24, 2.45) is 5.92 Å². The van der Waals surface area contributed by atoms with Gasteiger partial charge in [0, 0.05) is 6.04 Å². The van der Waals surface area contributed by atoms with E-state index in [1.807, 2.05) is 36.1 Å². The monoisotopic (exact) mass is 290 g/mol. The Morgan fingerprint density at radius 3 is 2.71 bits per heavy atom. The molecule has 21 heavy (non-hydrogen) atoms. The van der Waals surface area contributed by atoms with E-state index in [-0.39, 0.29) is 24.2 Å². The van der Waals surface area contributed by atoms with E-state index in [1.54, 1.807) is 7.11 Å². The molecule has 0 spiro atoms. The van der Waals surface area contributed by atoms with Crippen LogP contribution in [0.25, 0.3) is 0 Å². The van der Waals surface area contributed by atoms with E-state index in [1.165, 1.54) is 0 Å². The number of rotatable bonds is 5. The Labute approximate surface area is 127 Å². The molecule has 4 unspecified atom stereocenters. The van der Waals surface area contributed by atoms with Gasteiger partial charge in [-0.25, -0.2) is 0 Å². The lowest BCUT2D eigenvalue weighted by Crippen LogP contribution is -2.41.